The van der Waals surface area contributed by atoms with Gasteiger partial charge in [0, 0.05) is 0 Å². The van der Waals surface area contributed by atoms with Crippen molar-refractivity contribution in [1.82, 2.24) is 15.2 Å². The number of carbonyl (C=O) groups excluding carboxylic acids is 2. The highest BCUT2D eigenvalue weighted by molar-refractivity contribution is 7.89. The molecule has 0 radical (unpaired) electrons. The van der Waals surface area contributed by atoms with Crippen LogP contribution >= 0.6 is 0 Å². The van der Waals surface area contributed by atoms with Gasteiger partial charge in [-0.05, 0) is 77.8 Å². The summed E-state index contributed by atoms with van der Waals surface area (Å²) in [6.45, 7) is 9.37. The first-order valence-corrected chi connectivity index (χ1v) is 13.8. The van der Waals surface area contributed by atoms with Crippen molar-refractivity contribution in [2.45, 2.75) is 76.2 Å². The van der Waals surface area contributed by atoms with Gasteiger partial charge in [-0.2, -0.15) is 0 Å². The van der Waals surface area contributed by atoms with E-state index in [1.807, 2.05) is 6.07 Å². The van der Waals surface area contributed by atoms with E-state index in [9.17, 15) is 23.1 Å². The first-order valence-electron chi connectivity index (χ1n) is 12.4. The van der Waals surface area contributed by atoms with Gasteiger partial charge in [-0.1, -0.05) is 30.3 Å². The van der Waals surface area contributed by atoms with E-state index in [4.69, 9.17) is 14.2 Å². The van der Waals surface area contributed by atoms with Crippen LogP contribution in [0.2, 0.25) is 0 Å². The summed E-state index contributed by atoms with van der Waals surface area (Å²) in [5.74, 6) is 0.435. The summed E-state index contributed by atoms with van der Waals surface area (Å²) in [5.41, 5.74) is 1.30. The van der Waals surface area contributed by atoms with Crippen molar-refractivity contribution in [3.63, 3.8) is 0 Å². The Hall–Kier alpha value is -3.35. The fraction of sp³-hybridized carbons (Fsp3) is 0.481. The lowest BCUT2D eigenvalue weighted by Crippen LogP contribution is -2.55. The number of aliphatic hydroxyl groups is 1. The Morgan fingerprint density at radius 1 is 0.897 bits per heavy atom. The molecule has 0 saturated carbocycles. The number of benzene rings is 2. The van der Waals surface area contributed by atoms with Crippen molar-refractivity contribution in [3.05, 3.63) is 60.2 Å². The Balaban J connectivity index is 2.39. The zero-order valence-electron chi connectivity index (χ0n) is 23.4. The molecule has 2 aromatic rings. The SMILES string of the molecule is COc1ccc(S(=O)(=O)N(C[C@@H](O)[C@H](Cc2ccccc2)NC(=O)OC(C)(C)C)NC(=O)OC(C)(C)C)cc1. The molecule has 0 aromatic heterocycles. The Morgan fingerprint density at radius 3 is 1.95 bits per heavy atom. The molecule has 216 valence electrons. The number of rotatable bonds is 10. The standard InChI is InChI=1S/C27H39N3O8S/c1-26(2,3)37-24(32)28-22(17-19-11-9-8-10-12-19)23(31)18-30(29-25(33)38-27(4,5)6)39(34,35)21-15-13-20(36-7)14-16-21/h8-16,22-23,31H,17-18H2,1-7H3,(H,28,32)(H,29,33)/t22-,23+/m0/s1. The topological polar surface area (TPSA) is 144 Å². The normalized spacial score (nSPS) is 13.8. The molecule has 0 aliphatic carbocycles. The van der Waals surface area contributed by atoms with Crippen LogP contribution in [0.15, 0.2) is 59.5 Å². The zero-order chi connectivity index (χ0) is 29.4. The van der Waals surface area contributed by atoms with Gasteiger partial charge in [0.25, 0.3) is 10.0 Å². The van der Waals surface area contributed by atoms with E-state index in [2.05, 4.69) is 10.7 Å². The van der Waals surface area contributed by atoms with E-state index >= 15 is 0 Å². The number of nitrogens with zero attached hydrogens (tertiary/aromatic N) is 1. The van der Waals surface area contributed by atoms with Gasteiger partial charge in [0.15, 0.2) is 0 Å². The predicted octanol–water partition coefficient (Wildman–Crippen LogP) is 3.62. The van der Waals surface area contributed by atoms with Crippen LogP contribution in [0.1, 0.15) is 47.1 Å². The van der Waals surface area contributed by atoms with Crippen LogP contribution in [0.5, 0.6) is 5.75 Å². The average molecular weight is 566 g/mol. The van der Waals surface area contributed by atoms with Crippen LogP contribution in [-0.2, 0) is 25.9 Å². The first kappa shape index (κ1) is 31.9. The van der Waals surface area contributed by atoms with Crippen molar-refractivity contribution in [2.24, 2.45) is 0 Å². The Kier molecular flexibility index (Phi) is 10.7. The van der Waals surface area contributed by atoms with Crippen LogP contribution in [0.25, 0.3) is 0 Å². The van der Waals surface area contributed by atoms with Gasteiger partial charge < -0.3 is 24.6 Å². The summed E-state index contributed by atoms with van der Waals surface area (Å²) in [7, 11) is -2.93. The molecule has 39 heavy (non-hydrogen) atoms. The summed E-state index contributed by atoms with van der Waals surface area (Å²) in [5, 5.41) is 13.9. The number of hydrazine groups is 1. The monoisotopic (exact) mass is 565 g/mol. The summed E-state index contributed by atoms with van der Waals surface area (Å²) in [6.07, 6.45) is -3.14. The molecule has 2 amide bonds. The quantitative estimate of drug-likeness (QED) is 0.371. The van der Waals surface area contributed by atoms with Crippen LogP contribution in [-0.4, -0.2) is 67.1 Å². The number of carbonyl (C=O) groups is 2. The number of methoxy groups -OCH3 is 1. The smallest absolute Gasteiger partial charge is 0.423 e. The molecule has 0 bridgehead atoms. The summed E-state index contributed by atoms with van der Waals surface area (Å²) >= 11 is 0. The van der Waals surface area contributed by atoms with Crippen molar-refractivity contribution < 1.29 is 37.3 Å². The fourth-order valence-electron chi connectivity index (χ4n) is 3.39. The number of nitrogens with one attached hydrogen (secondary N) is 2. The number of alkyl carbamates (subject to hydrolysis) is 1. The highest BCUT2D eigenvalue weighted by atomic mass is 32.2. The third-order valence-electron chi connectivity index (χ3n) is 5.08. The lowest BCUT2D eigenvalue weighted by Gasteiger charge is -2.31. The van der Waals surface area contributed by atoms with Crippen LogP contribution in [0.3, 0.4) is 0 Å². The number of ether oxygens (including phenoxy) is 3. The van der Waals surface area contributed by atoms with Crippen molar-refractivity contribution in [3.8, 4) is 5.75 Å². The van der Waals surface area contributed by atoms with Gasteiger partial charge in [0.1, 0.15) is 17.0 Å². The minimum atomic E-state index is -4.37. The second-order valence-electron chi connectivity index (χ2n) is 10.8. The number of amides is 2. The van der Waals surface area contributed by atoms with Gasteiger partial charge in [-0.15, -0.1) is 4.41 Å². The fourth-order valence-corrected chi connectivity index (χ4v) is 4.67. The maximum atomic E-state index is 13.6. The zero-order valence-corrected chi connectivity index (χ0v) is 24.2. The molecule has 12 heteroatoms. The molecule has 2 aromatic carbocycles. The summed E-state index contributed by atoms with van der Waals surface area (Å²) in [6, 6.07) is 13.6. The van der Waals surface area contributed by atoms with E-state index in [0.717, 1.165) is 5.56 Å². The Bertz CT molecular complexity index is 1190. The van der Waals surface area contributed by atoms with E-state index < -0.39 is 52.1 Å². The van der Waals surface area contributed by atoms with Gasteiger partial charge in [0.05, 0.1) is 30.7 Å². The largest absolute Gasteiger partial charge is 0.497 e. The lowest BCUT2D eigenvalue weighted by atomic mass is 10.0. The van der Waals surface area contributed by atoms with E-state index in [-0.39, 0.29) is 11.3 Å². The summed E-state index contributed by atoms with van der Waals surface area (Å²) in [4.78, 5) is 25.0. The van der Waals surface area contributed by atoms with Crippen LogP contribution in [0, 0.1) is 0 Å². The van der Waals surface area contributed by atoms with Gasteiger partial charge in [-0.3, -0.25) is 0 Å². The minimum absolute atomic E-state index is 0.157. The number of sulfonamides is 1. The third kappa shape index (κ3) is 10.7. The molecular formula is C27H39N3O8S. The van der Waals surface area contributed by atoms with E-state index in [1.54, 1.807) is 65.8 Å². The molecule has 0 unspecified atom stereocenters. The van der Waals surface area contributed by atoms with Gasteiger partial charge in [0.2, 0.25) is 0 Å². The lowest BCUT2D eigenvalue weighted by molar-refractivity contribution is 0.0290. The molecule has 2 atom stereocenters. The minimum Gasteiger partial charge on any atom is -0.497 e. The third-order valence-corrected chi connectivity index (χ3v) is 6.77. The number of hydrogen-bond acceptors (Lipinski definition) is 8. The number of hydrogen-bond donors (Lipinski definition) is 3. The molecular weight excluding hydrogens is 526 g/mol. The molecule has 0 fully saturated rings. The molecule has 0 saturated heterocycles. The molecule has 0 spiro atoms. The number of aliphatic hydroxyl groups excluding tert-OH is 1. The maximum Gasteiger partial charge on any atom is 0.423 e. The molecule has 3 N–H and O–H groups in total. The molecule has 0 heterocycles. The van der Waals surface area contributed by atoms with Gasteiger partial charge in [-0.25, -0.2) is 23.4 Å². The van der Waals surface area contributed by atoms with Crippen molar-refractivity contribution in [2.75, 3.05) is 13.7 Å². The second-order valence-corrected chi connectivity index (χ2v) is 12.7. The highest BCUT2D eigenvalue weighted by Crippen LogP contribution is 2.20. The van der Waals surface area contributed by atoms with Crippen molar-refractivity contribution >= 4 is 22.2 Å². The van der Waals surface area contributed by atoms with Crippen LogP contribution < -0.4 is 15.5 Å². The Labute approximate surface area is 230 Å². The summed E-state index contributed by atoms with van der Waals surface area (Å²) < 4.78 is 43.4. The van der Waals surface area contributed by atoms with Crippen LogP contribution in [0.4, 0.5) is 9.59 Å². The Morgan fingerprint density at radius 2 is 1.44 bits per heavy atom. The van der Waals surface area contributed by atoms with Gasteiger partial charge >= 0.3 is 12.2 Å². The average Bonchev–Trinajstić information content (AvgIpc) is 2.81. The molecule has 11 nitrogen and oxygen atoms in total. The van der Waals surface area contributed by atoms with Crippen molar-refractivity contribution in [1.29, 1.82) is 0 Å². The molecule has 0 aliphatic rings. The van der Waals surface area contributed by atoms with E-state index in [1.165, 1.54) is 31.4 Å². The predicted molar refractivity (Wildman–Crippen MR) is 146 cm³/mol. The second kappa shape index (κ2) is 13.1. The first-order chi connectivity index (χ1) is 18.0. The molecule has 0 aliphatic heterocycles. The van der Waals surface area contributed by atoms with E-state index in [0.29, 0.717) is 10.2 Å². The maximum absolute atomic E-state index is 13.6. The molecule has 2 rings (SSSR count). The highest BCUT2D eigenvalue weighted by Gasteiger charge is 2.34.